The fourth-order valence-electron chi connectivity index (χ4n) is 1.40. The molecule has 0 aliphatic rings. The first-order valence-corrected chi connectivity index (χ1v) is 4.71. The fourth-order valence-corrected chi connectivity index (χ4v) is 1.40. The van der Waals surface area contributed by atoms with E-state index in [2.05, 4.69) is 4.74 Å². The van der Waals surface area contributed by atoms with Gasteiger partial charge in [0.15, 0.2) is 0 Å². The van der Waals surface area contributed by atoms with E-state index < -0.39 is 10.9 Å². The summed E-state index contributed by atoms with van der Waals surface area (Å²) in [6, 6.07) is 5.64. The van der Waals surface area contributed by atoms with Gasteiger partial charge in [0, 0.05) is 6.07 Å². The van der Waals surface area contributed by atoms with Crippen molar-refractivity contribution in [1.29, 1.82) is 0 Å². The molecule has 90 valence electrons. The second-order valence-corrected chi connectivity index (χ2v) is 3.23. The molecule has 0 radical (unpaired) electrons. The number of allylic oxidation sites excluding steroid dienone is 1. The first kappa shape index (κ1) is 12.7. The van der Waals surface area contributed by atoms with Crippen molar-refractivity contribution in [2.75, 3.05) is 7.11 Å². The highest BCUT2D eigenvalue weighted by atomic mass is 16.6. The molecule has 1 N–H and O–H groups in total. The Balaban J connectivity index is 3.45. The molecule has 0 aromatic heterocycles. The number of carbonyl (C=O) groups excluding carboxylic acids is 1. The Bertz CT molecular complexity index is 488. The predicted molar refractivity (Wildman–Crippen MR) is 60.3 cm³/mol. The van der Waals surface area contributed by atoms with Crippen LogP contribution in [0.1, 0.15) is 12.5 Å². The molecule has 1 aromatic carbocycles. The number of benzene rings is 1. The number of para-hydroxylation sites is 1. The normalized spacial score (nSPS) is 11.6. The molecule has 0 unspecified atom stereocenters. The van der Waals surface area contributed by atoms with Gasteiger partial charge in [-0.1, -0.05) is 12.1 Å². The molecule has 0 fully saturated rings. The van der Waals surface area contributed by atoms with Gasteiger partial charge >= 0.3 is 5.97 Å². The van der Waals surface area contributed by atoms with E-state index in [1.54, 1.807) is 0 Å². The number of hydrogen-bond acceptors (Lipinski definition) is 5. The Kier molecular flexibility index (Phi) is 3.82. The van der Waals surface area contributed by atoms with E-state index in [0.717, 1.165) is 7.11 Å². The molecule has 0 heterocycles. The van der Waals surface area contributed by atoms with Gasteiger partial charge in [-0.15, -0.1) is 0 Å². The molecule has 0 aliphatic carbocycles. The van der Waals surface area contributed by atoms with E-state index in [9.17, 15) is 20.0 Å². The topological polar surface area (TPSA) is 89.7 Å². The van der Waals surface area contributed by atoms with E-state index in [4.69, 9.17) is 0 Å². The predicted octanol–water partition coefficient (Wildman–Crippen LogP) is 2.06. The number of nitro groups is 1. The van der Waals surface area contributed by atoms with Crippen molar-refractivity contribution in [2.24, 2.45) is 0 Å². The van der Waals surface area contributed by atoms with Gasteiger partial charge < -0.3 is 9.84 Å². The Morgan fingerprint density at radius 2 is 2.00 bits per heavy atom. The van der Waals surface area contributed by atoms with Crippen LogP contribution >= 0.6 is 0 Å². The van der Waals surface area contributed by atoms with Crippen LogP contribution in [0.5, 0.6) is 0 Å². The molecule has 1 aromatic rings. The summed E-state index contributed by atoms with van der Waals surface area (Å²) in [4.78, 5) is 21.7. The SMILES string of the molecule is COC(=O)/C(=C(/C)O)c1ccccc1[N+](=O)[O-]. The van der Waals surface area contributed by atoms with Crippen molar-refractivity contribution in [3.05, 3.63) is 45.7 Å². The minimum Gasteiger partial charge on any atom is -0.512 e. The highest BCUT2D eigenvalue weighted by Gasteiger charge is 2.24. The summed E-state index contributed by atoms with van der Waals surface area (Å²) in [5.74, 6) is -1.15. The fraction of sp³-hybridized carbons (Fsp3) is 0.182. The van der Waals surface area contributed by atoms with Crippen LogP contribution in [0, 0.1) is 10.1 Å². The second-order valence-electron chi connectivity index (χ2n) is 3.23. The maximum atomic E-state index is 11.5. The summed E-state index contributed by atoms with van der Waals surface area (Å²) in [5, 5.41) is 20.2. The van der Waals surface area contributed by atoms with Crippen LogP contribution in [-0.4, -0.2) is 23.1 Å². The van der Waals surface area contributed by atoms with Crippen molar-refractivity contribution in [3.63, 3.8) is 0 Å². The number of carbonyl (C=O) groups is 1. The highest BCUT2D eigenvalue weighted by molar-refractivity contribution is 6.18. The molecule has 0 spiro atoms. The first-order valence-electron chi connectivity index (χ1n) is 4.71. The third-order valence-corrected chi connectivity index (χ3v) is 2.12. The molecular formula is C11H11NO5. The van der Waals surface area contributed by atoms with Gasteiger partial charge in [0.25, 0.3) is 5.69 Å². The Hall–Kier alpha value is -2.37. The zero-order valence-corrected chi connectivity index (χ0v) is 9.34. The number of nitrogens with zero attached hydrogens (tertiary/aromatic N) is 1. The quantitative estimate of drug-likeness (QED) is 0.285. The third-order valence-electron chi connectivity index (χ3n) is 2.12. The first-order chi connectivity index (χ1) is 7.99. The average Bonchev–Trinajstić information content (AvgIpc) is 2.29. The van der Waals surface area contributed by atoms with Gasteiger partial charge in [-0.05, 0) is 13.0 Å². The number of aliphatic hydroxyl groups excluding tert-OH is 1. The lowest BCUT2D eigenvalue weighted by Crippen LogP contribution is -2.08. The second kappa shape index (κ2) is 5.11. The summed E-state index contributed by atoms with van der Waals surface area (Å²) in [6.45, 7) is 1.27. The van der Waals surface area contributed by atoms with E-state index >= 15 is 0 Å². The summed E-state index contributed by atoms with van der Waals surface area (Å²) < 4.78 is 4.48. The third kappa shape index (κ3) is 2.60. The lowest BCUT2D eigenvalue weighted by atomic mass is 10.0. The van der Waals surface area contributed by atoms with Crippen LogP contribution in [0.15, 0.2) is 30.0 Å². The van der Waals surface area contributed by atoms with Crippen molar-refractivity contribution in [3.8, 4) is 0 Å². The van der Waals surface area contributed by atoms with Crippen molar-refractivity contribution in [2.45, 2.75) is 6.92 Å². The number of esters is 1. The number of hydrogen-bond donors (Lipinski definition) is 1. The molecule has 0 saturated carbocycles. The van der Waals surface area contributed by atoms with Crippen LogP contribution in [-0.2, 0) is 9.53 Å². The van der Waals surface area contributed by atoms with Gasteiger partial charge in [0.1, 0.15) is 11.3 Å². The Labute approximate surface area is 97.3 Å². The standard InChI is InChI=1S/C11H11NO5/c1-7(13)10(11(14)17-2)8-5-3-4-6-9(8)12(15)16/h3-6,13H,1-2H3/b10-7-. The zero-order valence-electron chi connectivity index (χ0n) is 9.34. The van der Waals surface area contributed by atoms with Crippen LogP contribution in [0.4, 0.5) is 5.69 Å². The number of methoxy groups -OCH3 is 1. The zero-order chi connectivity index (χ0) is 13.0. The minimum atomic E-state index is -0.820. The van der Waals surface area contributed by atoms with Crippen LogP contribution in [0.3, 0.4) is 0 Å². The lowest BCUT2D eigenvalue weighted by molar-refractivity contribution is -0.385. The Morgan fingerprint density at radius 3 is 2.47 bits per heavy atom. The molecule has 6 nitrogen and oxygen atoms in total. The molecule has 1 rings (SSSR count). The maximum absolute atomic E-state index is 11.5. The number of nitro benzene ring substituents is 1. The van der Waals surface area contributed by atoms with Gasteiger partial charge in [-0.3, -0.25) is 10.1 Å². The Morgan fingerprint density at radius 1 is 1.41 bits per heavy atom. The van der Waals surface area contributed by atoms with Gasteiger partial charge in [-0.25, -0.2) is 4.79 Å². The number of aliphatic hydroxyl groups is 1. The monoisotopic (exact) mass is 237 g/mol. The van der Waals surface area contributed by atoms with Crippen LogP contribution in [0.2, 0.25) is 0 Å². The van der Waals surface area contributed by atoms with Gasteiger partial charge in [0.05, 0.1) is 17.6 Å². The van der Waals surface area contributed by atoms with Crippen LogP contribution < -0.4 is 0 Å². The van der Waals surface area contributed by atoms with E-state index in [1.165, 1.54) is 31.2 Å². The summed E-state index contributed by atoms with van der Waals surface area (Å²) >= 11 is 0. The van der Waals surface area contributed by atoms with Gasteiger partial charge in [-0.2, -0.15) is 0 Å². The number of ether oxygens (including phenoxy) is 1. The molecule has 0 amide bonds. The average molecular weight is 237 g/mol. The van der Waals surface area contributed by atoms with Gasteiger partial charge in [0.2, 0.25) is 0 Å². The molecule has 0 atom stereocenters. The van der Waals surface area contributed by atoms with E-state index in [1.807, 2.05) is 0 Å². The largest absolute Gasteiger partial charge is 0.512 e. The van der Waals surface area contributed by atoms with Crippen molar-refractivity contribution < 1.29 is 19.6 Å². The molecular weight excluding hydrogens is 226 g/mol. The lowest BCUT2D eigenvalue weighted by Gasteiger charge is -2.07. The molecule has 0 saturated heterocycles. The summed E-state index contributed by atoms with van der Waals surface area (Å²) in [7, 11) is 1.14. The maximum Gasteiger partial charge on any atom is 0.342 e. The van der Waals surface area contributed by atoms with Crippen molar-refractivity contribution >= 4 is 17.2 Å². The van der Waals surface area contributed by atoms with Crippen molar-refractivity contribution in [1.82, 2.24) is 0 Å². The smallest absolute Gasteiger partial charge is 0.342 e. The summed E-state index contributed by atoms with van der Waals surface area (Å²) in [6.07, 6.45) is 0. The molecule has 0 aliphatic heterocycles. The molecule has 17 heavy (non-hydrogen) atoms. The molecule has 0 bridgehead atoms. The van der Waals surface area contributed by atoms with E-state index in [0.29, 0.717) is 0 Å². The minimum absolute atomic E-state index is 0.0318. The van der Waals surface area contributed by atoms with E-state index in [-0.39, 0.29) is 22.6 Å². The highest BCUT2D eigenvalue weighted by Crippen LogP contribution is 2.28. The summed E-state index contributed by atoms with van der Waals surface area (Å²) in [5.41, 5.74) is -0.439. The number of rotatable bonds is 3. The molecule has 6 heteroatoms. The van der Waals surface area contributed by atoms with Crippen LogP contribution in [0.25, 0.3) is 5.57 Å².